The third-order valence-corrected chi connectivity index (χ3v) is 3.45. The Morgan fingerprint density at radius 1 is 1.23 bits per heavy atom. The molecule has 1 heterocycles. The highest BCUT2D eigenvalue weighted by Crippen LogP contribution is 2.25. The maximum absolute atomic E-state index is 12.7. The van der Waals surface area contributed by atoms with E-state index in [0.717, 1.165) is 0 Å². The molecule has 2 rings (SSSR count). The quantitative estimate of drug-likeness (QED) is 0.637. The van der Waals surface area contributed by atoms with Crippen molar-refractivity contribution in [2.24, 2.45) is 5.92 Å². The van der Waals surface area contributed by atoms with Gasteiger partial charge in [-0.25, -0.2) is 4.79 Å². The number of carbonyl (C=O) groups excluding carboxylic acids is 2. The number of hydrogen-bond acceptors (Lipinski definition) is 6. The van der Waals surface area contributed by atoms with Crippen molar-refractivity contribution in [3.05, 3.63) is 35.9 Å². The van der Waals surface area contributed by atoms with Crippen LogP contribution in [0.2, 0.25) is 0 Å². The molecule has 0 saturated carbocycles. The SMILES string of the molecule is CCOC(=O)C1CC(C(=O)c2ccccc2)C(OCC)NO1. The van der Waals surface area contributed by atoms with E-state index in [9.17, 15) is 9.59 Å². The van der Waals surface area contributed by atoms with Gasteiger partial charge in [-0.3, -0.25) is 9.63 Å². The van der Waals surface area contributed by atoms with Crippen LogP contribution in [-0.2, 0) is 19.1 Å². The highest BCUT2D eigenvalue weighted by molar-refractivity contribution is 5.98. The highest BCUT2D eigenvalue weighted by atomic mass is 16.7. The lowest BCUT2D eigenvalue weighted by Crippen LogP contribution is -2.52. The zero-order valence-corrected chi connectivity index (χ0v) is 12.8. The molecule has 22 heavy (non-hydrogen) atoms. The number of esters is 1. The smallest absolute Gasteiger partial charge is 0.337 e. The fourth-order valence-corrected chi connectivity index (χ4v) is 2.40. The van der Waals surface area contributed by atoms with E-state index in [1.54, 1.807) is 31.2 Å². The van der Waals surface area contributed by atoms with Crippen LogP contribution in [0.25, 0.3) is 0 Å². The van der Waals surface area contributed by atoms with Crippen molar-refractivity contribution in [2.75, 3.05) is 13.2 Å². The number of Topliss-reactive ketones (excluding diaryl/α,β-unsaturated/α-hetero) is 1. The van der Waals surface area contributed by atoms with Gasteiger partial charge in [0, 0.05) is 18.6 Å². The average molecular weight is 307 g/mol. The zero-order valence-electron chi connectivity index (χ0n) is 12.8. The number of rotatable bonds is 6. The van der Waals surface area contributed by atoms with E-state index >= 15 is 0 Å². The highest BCUT2D eigenvalue weighted by Gasteiger charge is 2.40. The molecule has 0 bridgehead atoms. The summed E-state index contributed by atoms with van der Waals surface area (Å²) < 4.78 is 10.5. The van der Waals surface area contributed by atoms with Crippen molar-refractivity contribution < 1.29 is 23.9 Å². The maximum Gasteiger partial charge on any atom is 0.337 e. The normalized spacial score (nSPS) is 24.7. The van der Waals surface area contributed by atoms with Gasteiger partial charge < -0.3 is 9.47 Å². The second kappa shape index (κ2) is 8.03. The molecule has 0 spiro atoms. The molecule has 1 N–H and O–H groups in total. The molecule has 0 aliphatic carbocycles. The second-order valence-corrected chi connectivity index (χ2v) is 4.92. The summed E-state index contributed by atoms with van der Waals surface area (Å²) >= 11 is 0. The monoisotopic (exact) mass is 307 g/mol. The fourth-order valence-electron chi connectivity index (χ4n) is 2.40. The van der Waals surface area contributed by atoms with Crippen molar-refractivity contribution in [3.63, 3.8) is 0 Å². The first kappa shape index (κ1) is 16.6. The van der Waals surface area contributed by atoms with E-state index in [-0.39, 0.29) is 18.8 Å². The minimum atomic E-state index is -0.811. The maximum atomic E-state index is 12.7. The van der Waals surface area contributed by atoms with E-state index in [1.165, 1.54) is 0 Å². The topological polar surface area (TPSA) is 73.9 Å². The predicted octanol–water partition coefficient (Wildman–Crippen LogP) is 1.70. The summed E-state index contributed by atoms with van der Waals surface area (Å²) in [7, 11) is 0. The third-order valence-electron chi connectivity index (χ3n) is 3.45. The van der Waals surface area contributed by atoms with Crippen LogP contribution in [0.3, 0.4) is 0 Å². The van der Waals surface area contributed by atoms with Gasteiger partial charge in [0.2, 0.25) is 0 Å². The van der Waals surface area contributed by atoms with Crippen LogP contribution in [-0.4, -0.2) is 37.3 Å². The van der Waals surface area contributed by atoms with E-state index in [1.807, 2.05) is 13.0 Å². The minimum Gasteiger partial charge on any atom is -0.464 e. The lowest BCUT2D eigenvalue weighted by atomic mass is 9.90. The van der Waals surface area contributed by atoms with E-state index < -0.39 is 24.2 Å². The van der Waals surface area contributed by atoms with E-state index in [0.29, 0.717) is 12.2 Å². The van der Waals surface area contributed by atoms with Gasteiger partial charge in [-0.1, -0.05) is 30.3 Å². The first-order valence-corrected chi connectivity index (χ1v) is 7.46. The number of ether oxygens (including phenoxy) is 2. The summed E-state index contributed by atoms with van der Waals surface area (Å²) in [6.45, 7) is 4.27. The summed E-state index contributed by atoms with van der Waals surface area (Å²) in [5.41, 5.74) is 3.25. The Bertz CT molecular complexity index is 505. The second-order valence-electron chi connectivity index (χ2n) is 4.92. The lowest BCUT2D eigenvalue weighted by Gasteiger charge is -2.34. The van der Waals surface area contributed by atoms with Crippen molar-refractivity contribution in [2.45, 2.75) is 32.6 Å². The number of hydroxylamine groups is 1. The van der Waals surface area contributed by atoms with Crippen LogP contribution in [0.5, 0.6) is 0 Å². The molecule has 0 aromatic heterocycles. The largest absolute Gasteiger partial charge is 0.464 e. The third kappa shape index (κ3) is 3.91. The molecule has 1 aliphatic rings. The molecule has 6 nitrogen and oxygen atoms in total. The summed E-state index contributed by atoms with van der Waals surface area (Å²) in [6, 6.07) is 8.96. The van der Waals surface area contributed by atoms with Crippen LogP contribution < -0.4 is 5.48 Å². The van der Waals surface area contributed by atoms with Gasteiger partial charge in [0.15, 0.2) is 11.9 Å². The van der Waals surface area contributed by atoms with Gasteiger partial charge in [-0.2, -0.15) is 5.48 Å². The summed E-state index contributed by atoms with van der Waals surface area (Å²) in [5.74, 6) is -1.06. The standard InChI is InChI=1S/C16H21NO5/c1-3-20-15-12(14(18)11-8-6-5-7-9-11)10-13(22-17-15)16(19)21-4-2/h5-9,12-13,15,17H,3-4,10H2,1-2H3. The Labute approximate surface area is 129 Å². The first-order chi connectivity index (χ1) is 10.7. The van der Waals surface area contributed by atoms with Gasteiger partial charge in [-0.05, 0) is 13.8 Å². The molecule has 1 saturated heterocycles. The average Bonchev–Trinajstić information content (AvgIpc) is 2.56. The molecular formula is C16H21NO5. The molecule has 1 fully saturated rings. The Kier molecular flexibility index (Phi) is 6.06. The molecule has 3 unspecified atom stereocenters. The molecule has 0 radical (unpaired) electrons. The van der Waals surface area contributed by atoms with E-state index in [2.05, 4.69) is 5.48 Å². The zero-order chi connectivity index (χ0) is 15.9. The Hall–Kier alpha value is -1.76. The van der Waals surface area contributed by atoms with Gasteiger partial charge in [-0.15, -0.1) is 0 Å². The molecule has 120 valence electrons. The number of carbonyl (C=O) groups is 2. The summed E-state index contributed by atoms with van der Waals surface area (Å²) in [4.78, 5) is 29.8. The van der Waals surface area contributed by atoms with E-state index in [4.69, 9.17) is 14.3 Å². The molecule has 1 aliphatic heterocycles. The van der Waals surface area contributed by atoms with Crippen molar-refractivity contribution in [3.8, 4) is 0 Å². The number of ketones is 1. The van der Waals surface area contributed by atoms with Crippen molar-refractivity contribution in [1.82, 2.24) is 5.48 Å². The molecule has 6 heteroatoms. The van der Waals surface area contributed by atoms with Gasteiger partial charge >= 0.3 is 5.97 Å². The molecule has 0 amide bonds. The first-order valence-electron chi connectivity index (χ1n) is 7.46. The van der Waals surface area contributed by atoms with Crippen LogP contribution >= 0.6 is 0 Å². The molecule has 1 aromatic carbocycles. The number of benzene rings is 1. The fraction of sp³-hybridized carbons (Fsp3) is 0.500. The summed E-state index contributed by atoms with van der Waals surface area (Å²) in [6.07, 6.45) is -1.16. The Balaban J connectivity index is 2.14. The van der Waals surface area contributed by atoms with Gasteiger partial charge in [0.1, 0.15) is 6.23 Å². The van der Waals surface area contributed by atoms with Crippen molar-refractivity contribution >= 4 is 11.8 Å². The predicted molar refractivity (Wildman–Crippen MR) is 78.9 cm³/mol. The van der Waals surface area contributed by atoms with Crippen LogP contribution in [0.4, 0.5) is 0 Å². The van der Waals surface area contributed by atoms with Gasteiger partial charge in [0.25, 0.3) is 0 Å². The Morgan fingerprint density at radius 2 is 1.95 bits per heavy atom. The molecular weight excluding hydrogens is 286 g/mol. The molecule has 1 aromatic rings. The summed E-state index contributed by atoms with van der Waals surface area (Å²) in [5, 5.41) is 0. The Morgan fingerprint density at radius 3 is 2.59 bits per heavy atom. The number of hydrogen-bond donors (Lipinski definition) is 1. The lowest BCUT2D eigenvalue weighted by molar-refractivity contribution is -0.196. The number of nitrogens with one attached hydrogen (secondary N) is 1. The molecule has 3 atom stereocenters. The minimum absolute atomic E-state index is 0.0795. The van der Waals surface area contributed by atoms with Crippen LogP contribution in [0.15, 0.2) is 30.3 Å². The van der Waals surface area contributed by atoms with Crippen molar-refractivity contribution in [1.29, 1.82) is 0 Å². The van der Waals surface area contributed by atoms with Gasteiger partial charge in [0.05, 0.1) is 12.5 Å². The van der Waals surface area contributed by atoms with Crippen LogP contribution in [0.1, 0.15) is 30.6 Å². The van der Waals surface area contributed by atoms with Crippen LogP contribution in [0, 0.1) is 5.92 Å².